The van der Waals surface area contributed by atoms with Gasteiger partial charge < -0.3 is 20.8 Å². The molecule has 1 aliphatic rings. The Balaban J connectivity index is 2.61. The molecule has 2 amide bonds. The van der Waals surface area contributed by atoms with Crippen molar-refractivity contribution in [3.05, 3.63) is 34.9 Å². The zero-order chi connectivity index (χ0) is 18.9. The lowest BCUT2D eigenvalue weighted by atomic mass is 9.93. The van der Waals surface area contributed by atoms with Gasteiger partial charge in [0.05, 0.1) is 23.2 Å². The highest BCUT2D eigenvalue weighted by Crippen LogP contribution is 2.40. The molecule has 0 saturated carbocycles. The third kappa shape index (κ3) is 3.33. The Kier molecular flexibility index (Phi) is 5.10. The van der Waals surface area contributed by atoms with Crippen molar-refractivity contribution >= 4 is 23.8 Å². The maximum atomic E-state index is 12.4. The SMILES string of the molecule is CC(C)C(=O)C1CCC(c2c(C(=O)O)cccc2C(=O)O)N1C(N)=O. The average molecular weight is 348 g/mol. The predicted octanol–water partition coefficient (Wildman–Crippen LogP) is 1.89. The van der Waals surface area contributed by atoms with E-state index in [4.69, 9.17) is 5.73 Å². The van der Waals surface area contributed by atoms with E-state index < -0.39 is 30.1 Å². The van der Waals surface area contributed by atoms with Crippen molar-refractivity contribution in [3.8, 4) is 0 Å². The van der Waals surface area contributed by atoms with E-state index in [2.05, 4.69) is 0 Å². The first-order chi connectivity index (χ1) is 11.7. The molecule has 1 saturated heterocycles. The van der Waals surface area contributed by atoms with Gasteiger partial charge in [-0.3, -0.25) is 4.79 Å². The smallest absolute Gasteiger partial charge is 0.336 e. The number of aromatic carboxylic acids is 2. The molecule has 1 fully saturated rings. The number of nitrogens with two attached hydrogens (primary N) is 1. The van der Waals surface area contributed by atoms with Crippen LogP contribution in [0.2, 0.25) is 0 Å². The summed E-state index contributed by atoms with van der Waals surface area (Å²) in [7, 11) is 0. The van der Waals surface area contributed by atoms with Crippen LogP contribution in [0.1, 0.15) is 59.0 Å². The van der Waals surface area contributed by atoms with Crippen molar-refractivity contribution < 1.29 is 29.4 Å². The Morgan fingerprint density at radius 3 is 2.00 bits per heavy atom. The average Bonchev–Trinajstić information content (AvgIpc) is 2.97. The predicted molar refractivity (Wildman–Crippen MR) is 87.4 cm³/mol. The molecule has 0 spiro atoms. The highest BCUT2D eigenvalue weighted by atomic mass is 16.4. The number of carboxylic acids is 2. The van der Waals surface area contributed by atoms with Crippen molar-refractivity contribution in [2.24, 2.45) is 11.7 Å². The number of primary amides is 1. The number of likely N-dealkylation sites (tertiary alicyclic amines) is 1. The number of carbonyl (C=O) groups is 4. The number of carboxylic acid groups (broad SMARTS) is 2. The van der Waals surface area contributed by atoms with Crippen molar-refractivity contribution in [2.75, 3.05) is 0 Å². The van der Waals surface area contributed by atoms with E-state index in [0.29, 0.717) is 6.42 Å². The third-order valence-electron chi connectivity index (χ3n) is 4.44. The summed E-state index contributed by atoms with van der Waals surface area (Å²) in [5.74, 6) is -3.13. The number of benzene rings is 1. The fraction of sp³-hybridized carbons (Fsp3) is 0.412. The van der Waals surface area contributed by atoms with E-state index in [1.165, 1.54) is 18.2 Å². The summed E-state index contributed by atoms with van der Waals surface area (Å²) in [6, 6.07) is 1.35. The number of ketones is 1. The van der Waals surface area contributed by atoms with Gasteiger partial charge in [-0.25, -0.2) is 14.4 Å². The first-order valence-electron chi connectivity index (χ1n) is 7.87. The van der Waals surface area contributed by atoms with Gasteiger partial charge in [0.15, 0.2) is 5.78 Å². The summed E-state index contributed by atoms with van der Waals surface area (Å²) >= 11 is 0. The minimum absolute atomic E-state index is 0.000330. The van der Waals surface area contributed by atoms with Gasteiger partial charge in [0, 0.05) is 11.5 Å². The second-order valence-electron chi connectivity index (χ2n) is 6.29. The lowest BCUT2D eigenvalue weighted by molar-refractivity contribution is -0.125. The minimum Gasteiger partial charge on any atom is -0.478 e. The second kappa shape index (κ2) is 6.92. The van der Waals surface area contributed by atoms with Gasteiger partial charge in [-0.2, -0.15) is 0 Å². The fourth-order valence-corrected chi connectivity index (χ4v) is 3.36. The fourth-order valence-electron chi connectivity index (χ4n) is 3.36. The molecule has 2 atom stereocenters. The number of amides is 2. The first-order valence-corrected chi connectivity index (χ1v) is 7.87. The van der Waals surface area contributed by atoms with Gasteiger partial charge in [-0.1, -0.05) is 19.9 Å². The summed E-state index contributed by atoms with van der Waals surface area (Å²) in [5.41, 5.74) is 5.02. The second-order valence-corrected chi connectivity index (χ2v) is 6.29. The summed E-state index contributed by atoms with van der Waals surface area (Å²) in [6.45, 7) is 3.39. The van der Waals surface area contributed by atoms with Crippen LogP contribution in [-0.4, -0.2) is 44.9 Å². The molecule has 1 aromatic carbocycles. The monoisotopic (exact) mass is 348 g/mol. The van der Waals surface area contributed by atoms with E-state index in [1.54, 1.807) is 13.8 Å². The van der Waals surface area contributed by atoms with Crippen LogP contribution in [0.15, 0.2) is 18.2 Å². The van der Waals surface area contributed by atoms with E-state index in [9.17, 15) is 29.4 Å². The number of hydrogen-bond donors (Lipinski definition) is 3. The lowest BCUT2D eigenvalue weighted by Crippen LogP contribution is -2.46. The Hall–Kier alpha value is -2.90. The van der Waals surface area contributed by atoms with E-state index in [1.807, 2.05) is 0 Å². The maximum Gasteiger partial charge on any atom is 0.336 e. The molecule has 0 bridgehead atoms. The van der Waals surface area contributed by atoms with E-state index >= 15 is 0 Å². The van der Waals surface area contributed by atoms with Crippen LogP contribution < -0.4 is 5.73 Å². The standard InChI is InChI=1S/C17H20N2O6/c1-8(2)14(20)12-7-6-11(19(12)17(18)25)13-9(15(21)22)4-3-5-10(13)16(23)24/h3-5,8,11-12H,6-7H2,1-2H3,(H2,18,25)(H,21,22)(H,23,24). The van der Waals surface area contributed by atoms with E-state index in [0.717, 1.165) is 4.90 Å². The molecule has 1 heterocycles. The largest absolute Gasteiger partial charge is 0.478 e. The molecule has 25 heavy (non-hydrogen) atoms. The number of rotatable bonds is 5. The van der Waals surface area contributed by atoms with Crippen LogP contribution in [0.3, 0.4) is 0 Å². The van der Waals surface area contributed by atoms with Gasteiger partial charge in [0.25, 0.3) is 0 Å². The quantitative estimate of drug-likeness (QED) is 0.743. The Labute approximate surface area is 144 Å². The Morgan fingerprint density at radius 2 is 1.60 bits per heavy atom. The molecule has 0 aromatic heterocycles. The molecule has 0 aliphatic carbocycles. The molecule has 8 nitrogen and oxygen atoms in total. The molecule has 134 valence electrons. The molecule has 0 radical (unpaired) electrons. The lowest BCUT2D eigenvalue weighted by Gasteiger charge is -2.30. The van der Waals surface area contributed by atoms with Gasteiger partial charge in [0.2, 0.25) is 0 Å². The van der Waals surface area contributed by atoms with Crippen molar-refractivity contribution in [3.63, 3.8) is 0 Å². The highest BCUT2D eigenvalue weighted by Gasteiger charge is 2.43. The zero-order valence-electron chi connectivity index (χ0n) is 13.9. The van der Waals surface area contributed by atoms with Crippen molar-refractivity contribution in [1.29, 1.82) is 0 Å². The molecule has 2 rings (SSSR count). The first kappa shape index (κ1) is 18.4. The summed E-state index contributed by atoms with van der Waals surface area (Å²) in [4.78, 5) is 48.6. The summed E-state index contributed by atoms with van der Waals surface area (Å²) < 4.78 is 0. The molecular formula is C17H20N2O6. The van der Waals surface area contributed by atoms with Crippen LogP contribution in [-0.2, 0) is 4.79 Å². The minimum atomic E-state index is -1.30. The maximum absolute atomic E-state index is 12.4. The van der Waals surface area contributed by atoms with Crippen molar-refractivity contribution in [1.82, 2.24) is 4.90 Å². The van der Waals surface area contributed by atoms with Gasteiger partial charge in [0.1, 0.15) is 0 Å². The number of nitrogens with zero attached hydrogens (tertiary/aromatic N) is 1. The number of Topliss-reactive ketones (excluding diaryl/α,β-unsaturated/α-hetero) is 1. The van der Waals surface area contributed by atoms with Gasteiger partial charge in [-0.05, 0) is 25.0 Å². The highest BCUT2D eigenvalue weighted by molar-refractivity contribution is 5.98. The van der Waals surface area contributed by atoms with Gasteiger partial charge in [-0.15, -0.1) is 0 Å². The zero-order valence-corrected chi connectivity index (χ0v) is 13.9. The summed E-state index contributed by atoms with van der Waals surface area (Å²) in [6.07, 6.45) is 0.564. The van der Waals surface area contributed by atoms with Crippen LogP contribution in [0, 0.1) is 5.92 Å². The van der Waals surface area contributed by atoms with Crippen LogP contribution in [0.5, 0.6) is 0 Å². The van der Waals surface area contributed by atoms with Crippen LogP contribution in [0.25, 0.3) is 0 Å². The van der Waals surface area contributed by atoms with Crippen LogP contribution >= 0.6 is 0 Å². The van der Waals surface area contributed by atoms with Gasteiger partial charge >= 0.3 is 18.0 Å². The number of urea groups is 1. The third-order valence-corrected chi connectivity index (χ3v) is 4.44. The summed E-state index contributed by atoms with van der Waals surface area (Å²) in [5, 5.41) is 18.9. The molecule has 4 N–H and O–H groups in total. The topological polar surface area (TPSA) is 138 Å². The van der Waals surface area contributed by atoms with Crippen molar-refractivity contribution in [2.45, 2.75) is 38.8 Å². The molecular weight excluding hydrogens is 328 g/mol. The Morgan fingerprint density at radius 1 is 1.08 bits per heavy atom. The molecule has 8 heteroatoms. The normalized spacial score (nSPS) is 19.9. The number of hydrogen-bond acceptors (Lipinski definition) is 4. The van der Waals surface area contributed by atoms with E-state index in [-0.39, 0.29) is 34.8 Å². The number of carbonyl (C=O) groups excluding carboxylic acids is 2. The Bertz CT molecular complexity index is 710. The van der Waals surface area contributed by atoms with Crippen LogP contribution in [0.4, 0.5) is 4.79 Å². The molecule has 1 aromatic rings. The molecule has 2 unspecified atom stereocenters. The molecule has 1 aliphatic heterocycles.